The average Bonchev–Trinajstić information content (AvgIpc) is 2.55. The molecule has 0 aliphatic rings. The van der Waals surface area contributed by atoms with Crippen molar-refractivity contribution in [3.8, 4) is 0 Å². The number of amides is 1. The largest absolute Gasteiger partial charge is 0.466 e. The van der Waals surface area contributed by atoms with Gasteiger partial charge in [0, 0.05) is 6.54 Å². The summed E-state index contributed by atoms with van der Waals surface area (Å²) in [7, 11) is 0. The Bertz CT molecular complexity index is 357. The Labute approximate surface area is 95.7 Å². The SMILES string of the molecule is CCCC(O)CNC(=O)c1cc(C)oc1C. The van der Waals surface area contributed by atoms with Gasteiger partial charge in [-0.15, -0.1) is 0 Å². The second-order valence-corrected chi connectivity index (χ2v) is 3.98. The lowest BCUT2D eigenvalue weighted by Crippen LogP contribution is -2.32. The van der Waals surface area contributed by atoms with E-state index in [4.69, 9.17) is 4.42 Å². The van der Waals surface area contributed by atoms with Gasteiger partial charge in [-0.3, -0.25) is 4.79 Å². The molecule has 0 bridgehead atoms. The molecule has 0 radical (unpaired) electrons. The van der Waals surface area contributed by atoms with Gasteiger partial charge in [0.2, 0.25) is 0 Å². The maximum atomic E-state index is 11.7. The number of furan rings is 1. The van der Waals surface area contributed by atoms with Gasteiger partial charge in [0.15, 0.2) is 0 Å². The van der Waals surface area contributed by atoms with E-state index in [0.29, 0.717) is 17.7 Å². The number of rotatable bonds is 5. The summed E-state index contributed by atoms with van der Waals surface area (Å²) in [6.07, 6.45) is 1.13. The van der Waals surface area contributed by atoms with Crippen molar-refractivity contribution in [1.29, 1.82) is 0 Å². The highest BCUT2D eigenvalue weighted by Crippen LogP contribution is 2.13. The topological polar surface area (TPSA) is 62.5 Å². The molecule has 1 aromatic rings. The van der Waals surface area contributed by atoms with E-state index >= 15 is 0 Å². The number of aliphatic hydroxyl groups is 1. The van der Waals surface area contributed by atoms with Crippen LogP contribution in [0.1, 0.15) is 41.6 Å². The zero-order chi connectivity index (χ0) is 12.1. The number of hydrogen-bond acceptors (Lipinski definition) is 3. The van der Waals surface area contributed by atoms with Crippen LogP contribution in [0, 0.1) is 13.8 Å². The van der Waals surface area contributed by atoms with Crippen LogP contribution in [0.25, 0.3) is 0 Å². The van der Waals surface area contributed by atoms with Gasteiger partial charge in [0.1, 0.15) is 11.5 Å². The van der Waals surface area contributed by atoms with Crippen LogP contribution in [0.2, 0.25) is 0 Å². The Morgan fingerprint density at radius 2 is 2.25 bits per heavy atom. The first kappa shape index (κ1) is 12.8. The Balaban J connectivity index is 2.50. The van der Waals surface area contributed by atoms with E-state index in [1.54, 1.807) is 19.9 Å². The van der Waals surface area contributed by atoms with Crippen molar-refractivity contribution in [2.75, 3.05) is 6.54 Å². The fourth-order valence-electron chi connectivity index (χ4n) is 1.60. The molecule has 0 aromatic carbocycles. The molecule has 1 atom stereocenters. The molecule has 4 nitrogen and oxygen atoms in total. The molecule has 0 saturated carbocycles. The van der Waals surface area contributed by atoms with Crippen LogP contribution in [0.5, 0.6) is 0 Å². The summed E-state index contributed by atoms with van der Waals surface area (Å²) < 4.78 is 5.27. The Morgan fingerprint density at radius 3 is 2.75 bits per heavy atom. The van der Waals surface area contributed by atoms with Crippen molar-refractivity contribution in [3.05, 3.63) is 23.2 Å². The number of nitrogens with one attached hydrogen (secondary N) is 1. The standard InChI is InChI=1S/C12H19NO3/c1-4-5-10(14)7-13-12(15)11-6-8(2)16-9(11)3/h6,10,14H,4-5,7H2,1-3H3,(H,13,15). The van der Waals surface area contributed by atoms with Crippen LogP contribution >= 0.6 is 0 Å². The van der Waals surface area contributed by atoms with E-state index in [-0.39, 0.29) is 12.5 Å². The zero-order valence-corrected chi connectivity index (χ0v) is 10.0. The van der Waals surface area contributed by atoms with Crippen molar-refractivity contribution in [2.24, 2.45) is 0 Å². The van der Waals surface area contributed by atoms with Crippen LogP contribution in [0.15, 0.2) is 10.5 Å². The number of aliphatic hydroxyl groups excluding tert-OH is 1. The fourth-order valence-corrected chi connectivity index (χ4v) is 1.60. The molecular weight excluding hydrogens is 206 g/mol. The van der Waals surface area contributed by atoms with E-state index in [0.717, 1.165) is 12.2 Å². The van der Waals surface area contributed by atoms with Gasteiger partial charge in [0.25, 0.3) is 5.91 Å². The first-order valence-corrected chi connectivity index (χ1v) is 5.58. The highest BCUT2D eigenvalue weighted by Gasteiger charge is 2.14. The van der Waals surface area contributed by atoms with Gasteiger partial charge >= 0.3 is 0 Å². The molecule has 1 rings (SSSR count). The van der Waals surface area contributed by atoms with Crippen LogP contribution in [-0.2, 0) is 0 Å². The minimum Gasteiger partial charge on any atom is -0.466 e. The second-order valence-electron chi connectivity index (χ2n) is 3.98. The summed E-state index contributed by atoms with van der Waals surface area (Å²) >= 11 is 0. The summed E-state index contributed by atoms with van der Waals surface area (Å²) in [6, 6.07) is 1.71. The van der Waals surface area contributed by atoms with Crippen molar-refractivity contribution in [1.82, 2.24) is 5.32 Å². The molecule has 90 valence electrons. The maximum Gasteiger partial charge on any atom is 0.254 e. The first-order chi connectivity index (χ1) is 7.54. The molecule has 16 heavy (non-hydrogen) atoms. The Morgan fingerprint density at radius 1 is 1.56 bits per heavy atom. The van der Waals surface area contributed by atoms with Gasteiger partial charge in [-0.2, -0.15) is 0 Å². The lowest BCUT2D eigenvalue weighted by molar-refractivity contribution is 0.0908. The van der Waals surface area contributed by atoms with Gasteiger partial charge in [0.05, 0.1) is 11.7 Å². The quantitative estimate of drug-likeness (QED) is 0.803. The molecule has 4 heteroatoms. The normalized spacial score (nSPS) is 12.5. The van der Waals surface area contributed by atoms with Gasteiger partial charge in [-0.25, -0.2) is 0 Å². The molecule has 0 saturated heterocycles. The van der Waals surface area contributed by atoms with Crippen molar-refractivity contribution in [3.63, 3.8) is 0 Å². The zero-order valence-electron chi connectivity index (χ0n) is 10.0. The van der Waals surface area contributed by atoms with Crippen LogP contribution in [0.3, 0.4) is 0 Å². The van der Waals surface area contributed by atoms with Gasteiger partial charge in [-0.1, -0.05) is 13.3 Å². The Hall–Kier alpha value is -1.29. The average molecular weight is 225 g/mol. The van der Waals surface area contributed by atoms with Gasteiger partial charge in [-0.05, 0) is 26.3 Å². The summed E-state index contributed by atoms with van der Waals surface area (Å²) in [5, 5.41) is 12.2. The fraction of sp³-hybridized carbons (Fsp3) is 0.583. The third-order valence-electron chi connectivity index (χ3n) is 2.41. The van der Waals surface area contributed by atoms with E-state index in [1.807, 2.05) is 6.92 Å². The highest BCUT2D eigenvalue weighted by atomic mass is 16.3. The number of carbonyl (C=O) groups excluding carboxylic acids is 1. The molecule has 1 amide bonds. The van der Waals surface area contributed by atoms with Crippen molar-refractivity contribution < 1.29 is 14.3 Å². The molecule has 1 heterocycles. The summed E-state index contributed by atoms with van der Waals surface area (Å²) in [5.41, 5.74) is 0.543. The molecule has 1 unspecified atom stereocenters. The number of aryl methyl sites for hydroxylation is 2. The molecule has 1 aromatic heterocycles. The maximum absolute atomic E-state index is 11.7. The highest BCUT2D eigenvalue weighted by molar-refractivity contribution is 5.95. The van der Waals surface area contributed by atoms with Gasteiger partial charge < -0.3 is 14.8 Å². The molecule has 2 N–H and O–H groups in total. The predicted molar refractivity (Wildman–Crippen MR) is 61.4 cm³/mol. The smallest absolute Gasteiger partial charge is 0.254 e. The monoisotopic (exact) mass is 225 g/mol. The third kappa shape index (κ3) is 3.38. The summed E-state index contributed by atoms with van der Waals surface area (Å²) in [6.45, 7) is 5.84. The first-order valence-electron chi connectivity index (χ1n) is 5.58. The van der Waals surface area contributed by atoms with Crippen molar-refractivity contribution >= 4 is 5.91 Å². The molecule has 0 fully saturated rings. The minimum absolute atomic E-state index is 0.190. The molecule has 0 aliphatic heterocycles. The number of carbonyl (C=O) groups is 1. The molecule has 0 spiro atoms. The van der Waals surface area contributed by atoms with Crippen LogP contribution < -0.4 is 5.32 Å². The lowest BCUT2D eigenvalue weighted by atomic mass is 10.2. The number of hydrogen-bond donors (Lipinski definition) is 2. The van der Waals surface area contributed by atoms with Crippen LogP contribution in [0.4, 0.5) is 0 Å². The Kier molecular flexibility index (Phi) is 4.55. The van der Waals surface area contributed by atoms with E-state index in [1.165, 1.54) is 0 Å². The molecule has 0 aliphatic carbocycles. The van der Waals surface area contributed by atoms with E-state index in [2.05, 4.69) is 5.32 Å². The lowest BCUT2D eigenvalue weighted by Gasteiger charge is -2.09. The third-order valence-corrected chi connectivity index (χ3v) is 2.41. The summed E-state index contributed by atoms with van der Waals surface area (Å²) in [5.74, 6) is 1.14. The van der Waals surface area contributed by atoms with E-state index in [9.17, 15) is 9.90 Å². The second kappa shape index (κ2) is 5.70. The summed E-state index contributed by atoms with van der Waals surface area (Å²) in [4.78, 5) is 11.7. The minimum atomic E-state index is -0.470. The van der Waals surface area contributed by atoms with Crippen molar-refractivity contribution in [2.45, 2.75) is 39.7 Å². The van der Waals surface area contributed by atoms with E-state index < -0.39 is 6.10 Å². The van der Waals surface area contributed by atoms with Crippen LogP contribution in [-0.4, -0.2) is 23.7 Å². The predicted octanol–water partition coefficient (Wildman–Crippen LogP) is 1.79. The molecular formula is C12H19NO3.